The molecule has 4 heterocycles. The summed E-state index contributed by atoms with van der Waals surface area (Å²) >= 11 is 0. The predicted molar refractivity (Wildman–Crippen MR) is 203 cm³/mol. The van der Waals surface area contributed by atoms with Crippen molar-refractivity contribution in [1.82, 2.24) is 24.0 Å². The number of morpholine rings is 1. The smallest absolute Gasteiger partial charge is 0.264 e. The van der Waals surface area contributed by atoms with Gasteiger partial charge in [0, 0.05) is 41.7 Å². The van der Waals surface area contributed by atoms with Gasteiger partial charge in [-0.2, -0.15) is 5.10 Å². The predicted octanol–water partition coefficient (Wildman–Crippen LogP) is 6.85. The molecule has 0 radical (unpaired) electrons. The molecule has 2 amide bonds. The first-order chi connectivity index (χ1) is 24.9. The Morgan fingerprint density at radius 1 is 1.02 bits per heavy atom. The van der Waals surface area contributed by atoms with Gasteiger partial charge in [0.25, 0.3) is 11.8 Å². The minimum Gasteiger partial charge on any atom is -0.497 e. The summed E-state index contributed by atoms with van der Waals surface area (Å²) in [5, 5.41) is 5.01. The van der Waals surface area contributed by atoms with E-state index in [9.17, 15) is 18.0 Å². The van der Waals surface area contributed by atoms with Crippen LogP contribution in [0.2, 0.25) is 0 Å². The number of hydrogen-bond donors (Lipinski definition) is 1. The van der Waals surface area contributed by atoms with Gasteiger partial charge < -0.3 is 18.9 Å². The second kappa shape index (κ2) is 14.2. The SMILES string of the molecule is CCn1ncc(C(=O)N2C[C@@H](C)O[C@@H](C)C2)c1C1=Cc2cc(OC)ccc2-c2c(C3CCCCC3)c3ccc(C(=O)NS(=O)(=O)C(C)C)cc3n2C1. The second-order valence-corrected chi connectivity index (χ2v) is 17.0. The van der Waals surface area contributed by atoms with E-state index in [2.05, 4.69) is 21.4 Å². The average Bonchev–Trinajstić information content (AvgIpc) is 3.64. The molecule has 2 aromatic heterocycles. The molecule has 4 aromatic rings. The normalized spacial score (nSPS) is 19.6. The third kappa shape index (κ3) is 6.55. The molecular formula is C40H49N5O6S. The lowest BCUT2D eigenvalue weighted by molar-refractivity contribution is -0.0586. The molecule has 12 heteroatoms. The lowest BCUT2D eigenvalue weighted by Crippen LogP contribution is -2.48. The Kier molecular flexibility index (Phi) is 9.81. The molecule has 2 aromatic carbocycles. The summed E-state index contributed by atoms with van der Waals surface area (Å²) in [5.74, 6) is 0.290. The molecule has 1 N–H and O–H groups in total. The Labute approximate surface area is 306 Å². The van der Waals surface area contributed by atoms with Crippen molar-refractivity contribution in [3.8, 4) is 17.0 Å². The van der Waals surface area contributed by atoms with E-state index < -0.39 is 21.2 Å². The van der Waals surface area contributed by atoms with Gasteiger partial charge in [-0.25, -0.2) is 13.1 Å². The van der Waals surface area contributed by atoms with Crippen molar-refractivity contribution in [3.63, 3.8) is 0 Å². The van der Waals surface area contributed by atoms with Crippen LogP contribution in [0.15, 0.2) is 42.6 Å². The fourth-order valence-electron chi connectivity index (χ4n) is 8.27. The van der Waals surface area contributed by atoms with Crippen molar-refractivity contribution in [1.29, 1.82) is 0 Å². The number of allylic oxidation sites excluding steroid dienone is 1. The maximum Gasteiger partial charge on any atom is 0.264 e. The van der Waals surface area contributed by atoms with Crippen molar-refractivity contribution >= 4 is 44.4 Å². The van der Waals surface area contributed by atoms with Crippen LogP contribution in [0.3, 0.4) is 0 Å². The van der Waals surface area contributed by atoms with Crippen LogP contribution >= 0.6 is 0 Å². The number of rotatable bonds is 8. The van der Waals surface area contributed by atoms with Gasteiger partial charge in [0.1, 0.15) is 5.75 Å². The van der Waals surface area contributed by atoms with Crippen molar-refractivity contribution in [2.24, 2.45) is 0 Å². The second-order valence-electron chi connectivity index (χ2n) is 14.8. The number of carbonyl (C=O) groups excluding carboxylic acids is 2. The highest BCUT2D eigenvalue weighted by atomic mass is 32.2. The maximum atomic E-state index is 14.3. The molecule has 1 saturated carbocycles. The summed E-state index contributed by atoms with van der Waals surface area (Å²) in [4.78, 5) is 29.7. The molecule has 2 fully saturated rings. The molecule has 276 valence electrons. The van der Waals surface area contributed by atoms with E-state index in [1.165, 1.54) is 12.0 Å². The first kappa shape index (κ1) is 36.0. The van der Waals surface area contributed by atoms with Crippen molar-refractivity contribution in [2.45, 2.75) is 103 Å². The Morgan fingerprint density at radius 3 is 2.42 bits per heavy atom. The average molecular weight is 728 g/mol. The van der Waals surface area contributed by atoms with Crippen LogP contribution in [-0.4, -0.2) is 77.1 Å². The lowest BCUT2D eigenvalue weighted by Gasteiger charge is -2.35. The number of ether oxygens (including phenoxy) is 2. The maximum absolute atomic E-state index is 14.3. The fraction of sp³-hybridized carbons (Fsp3) is 0.475. The van der Waals surface area contributed by atoms with E-state index >= 15 is 0 Å². The Morgan fingerprint density at radius 2 is 1.75 bits per heavy atom. The van der Waals surface area contributed by atoms with E-state index in [1.807, 2.05) is 54.6 Å². The number of methoxy groups -OCH3 is 1. The van der Waals surface area contributed by atoms with Crippen LogP contribution < -0.4 is 9.46 Å². The molecule has 2 aliphatic heterocycles. The zero-order valence-corrected chi connectivity index (χ0v) is 31.8. The first-order valence-corrected chi connectivity index (χ1v) is 20.1. The summed E-state index contributed by atoms with van der Waals surface area (Å²) < 4.78 is 43.5. The van der Waals surface area contributed by atoms with Gasteiger partial charge in [0.05, 0.1) is 54.3 Å². The number of aryl methyl sites for hydroxylation is 1. The summed E-state index contributed by atoms with van der Waals surface area (Å²) in [5.41, 5.74) is 7.60. The van der Waals surface area contributed by atoms with E-state index in [0.717, 1.165) is 70.4 Å². The van der Waals surface area contributed by atoms with Crippen molar-refractivity contribution in [2.75, 3.05) is 20.2 Å². The molecule has 7 rings (SSSR count). The van der Waals surface area contributed by atoms with E-state index in [-0.39, 0.29) is 23.7 Å². The van der Waals surface area contributed by atoms with Crippen LogP contribution in [0.4, 0.5) is 0 Å². The Hall–Kier alpha value is -4.42. The van der Waals surface area contributed by atoms with E-state index in [0.29, 0.717) is 37.7 Å². The highest BCUT2D eigenvalue weighted by molar-refractivity contribution is 7.90. The van der Waals surface area contributed by atoms with Crippen LogP contribution in [0.1, 0.15) is 110 Å². The monoisotopic (exact) mass is 727 g/mol. The highest BCUT2D eigenvalue weighted by Crippen LogP contribution is 2.48. The van der Waals surface area contributed by atoms with Crippen LogP contribution in [0.5, 0.6) is 5.75 Å². The molecule has 1 aliphatic carbocycles. The minimum atomic E-state index is -3.84. The van der Waals surface area contributed by atoms with Gasteiger partial charge in [0.15, 0.2) is 0 Å². The lowest BCUT2D eigenvalue weighted by atomic mass is 9.81. The van der Waals surface area contributed by atoms with E-state index in [1.54, 1.807) is 33.2 Å². The molecule has 2 atom stereocenters. The first-order valence-electron chi connectivity index (χ1n) is 18.5. The Bertz CT molecular complexity index is 2160. The van der Waals surface area contributed by atoms with Crippen LogP contribution in [0.25, 0.3) is 33.8 Å². The number of nitrogens with zero attached hydrogens (tertiary/aromatic N) is 4. The number of carbonyl (C=O) groups is 2. The summed E-state index contributed by atoms with van der Waals surface area (Å²) in [6.07, 6.45) is 9.28. The van der Waals surface area contributed by atoms with Crippen LogP contribution in [0, 0.1) is 0 Å². The van der Waals surface area contributed by atoms with Crippen molar-refractivity contribution < 1.29 is 27.5 Å². The summed E-state index contributed by atoms with van der Waals surface area (Å²) in [6.45, 7) is 11.0. The summed E-state index contributed by atoms with van der Waals surface area (Å²) in [6, 6.07) is 11.7. The zero-order chi connectivity index (χ0) is 36.9. The van der Waals surface area contributed by atoms with Gasteiger partial charge in [-0.05, 0) is 106 Å². The fourth-order valence-corrected chi connectivity index (χ4v) is 8.88. The molecule has 0 bridgehead atoms. The van der Waals surface area contributed by atoms with Gasteiger partial charge >= 0.3 is 0 Å². The number of amides is 2. The number of hydrogen-bond acceptors (Lipinski definition) is 7. The highest BCUT2D eigenvalue weighted by Gasteiger charge is 2.34. The van der Waals surface area contributed by atoms with Gasteiger partial charge in [-0.3, -0.25) is 14.3 Å². The quantitative estimate of drug-likeness (QED) is 0.211. The zero-order valence-electron chi connectivity index (χ0n) is 30.9. The largest absolute Gasteiger partial charge is 0.497 e. The third-order valence-corrected chi connectivity index (χ3v) is 12.5. The van der Waals surface area contributed by atoms with E-state index in [4.69, 9.17) is 14.6 Å². The molecule has 3 aliphatic rings. The number of fused-ring (bicyclic) bond motifs is 5. The molecule has 1 saturated heterocycles. The number of sulfonamides is 1. The Balaban J connectivity index is 1.45. The van der Waals surface area contributed by atoms with Gasteiger partial charge in [0.2, 0.25) is 10.0 Å². The molecule has 0 unspecified atom stereocenters. The third-order valence-electron chi connectivity index (χ3n) is 10.8. The molecule has 52 heavy (non-hydrogen) atoms. The minimum absolute atomic E-state index is 0.0808. The van der Waals surface area contributed by atoms with Crippen molar-refractivity contribution in [3.05, 3.63) is 70.5 Å². The molecular weight excluding hydrogens is 679 g/mol. The molecule has 0 spiro atoms. The number of aromatic nitrogens is 3. The van der Waals surface area contributed by atoms with Crippen LogP contribution in [-0.2, 0) is 27.8 Å². The van der Waals surface area contributed by atoms with Gasteiger partial charge in [-0.15, -0.1) is 0 Å². The topological polar surface area (TPSA) is 125 Å². The van der Waals surface area contributed by atoms with Gasteiger partial charge in [-0.1, -0.05) is 25.3 Å². The summed E-state index contributed by atoms with van der Waals surface area (Å²) in [7, 11) is -2.18. The standard InChI is InChI=1S/C40H49N5O6S/c1-7-45-37(34(20-41-45)40(47)43-21-25(4)51-26(5)22-43)30-17-29-18-31(50-6)14-16-32(29)38-36(27-11-9-8-10-12-27)33-15-13-28(19-35(33)44(38)23-30)39(46)42-52(48,49)24(2)3/h13-20,24-27H,7-12,21-23H2,1-6H3,(H,42,46)/t25-,26+. The number of benzene rings is 2. The molecule has 11 nitrogen and oxygen atoms in total. The number of nitrogens with one attached hydrogen (secondary N) is 1.